The number of aryl methyl sites for hydroxylation is 1. The quantitative estimate of drug-likeness (QED) is 0.478. The van der Waals surface area contributed by atoms with E-state index >= 15 is 0 Å². The molecule has 1 heterocycles. The van der Waals surface area contributed by atoms with Gasteiger partial charge in [-0.2, -0.15) is 5.10 Å². The van der Waals surface area contributed by atoms with E-state index in [2.05, 4.69) is 19.2 Å². The summed E-state index contributed by atoms with van der Waals surface area (Å²) in [5.41, 5.74) is 2.36. The van der Waals surface area contributed by atoms with Gasteiger partial charge in [-0.15, -0.1) is 0 Å². The monoisotopic (exact) mass is 439 g/mol. The molecule has 0 aliphatic rings. The molecular weight excluding hydrogens is 409 g/mol. The maximum atomic E-state index is 14.4. The van der Waals surface area contributed by atoms with Gasteiger partial charge in [-0.3, -0.25) is 4.79 Å². The lowest BCUT2D eigenvalue weighted by molar-refractivity contribution is -0.121. The molecule has 0 unspecified atom stereocenters. The number of rotatable bonds is 10. The summed E-state index contributed by atoms with van der Waals surface area (Å²) in [7, 11) is 1.60. The van der Waals surface area contributed by atoms with Gasteiger partial charge in [-0.1, -0.05) is 32.9 Å². The van der Waals surface area contributed by atoms with Crippen molar-refractivity contribution in [2.75, 3.05) is 13.7 Å². The fraction of sp³-hybridized carbons (Fsp3) is 0.360. The third-order valence-electron chi connectivity index (χ3n) is 5.02. The minimum Gasteiger partial charge on any atom is -0.497 e. The van der Waals surface area contributed by atoms with Crippen LogP contribution in [-0.2, 0) is 17.6 Å². The van der Waals surface area contributed by atoms with E-state index in [9.17, 15) is 9.18 Å². The Morgan fingerprint density at radius 3 is 2.50 bits per heavy atom. The van der Waals surface area contributed by atoms with E-state index in [0.717, 1.165) is 22.7 Å². The van der Waals surface area contributed by atoms with E-state index < -0.39 is 5.82 Å². The first-order valence-electron chi connectivity index (χ1n) is 10.9. The summed E-state index contributed by atoms with van der Waals surface area (Å²) in [5.74, 6) is 1.12. The van der Waals surface area contributed by atoms with Crippen LogP contribution in [0.3, 0.4) is 0 Å². The van der Waals surface area contributed by atoms with Gasteiger partial charge in [-0.05, 0) is 55.2 Å². The van der Waals surface area contributed by atoms with Crippen LogP contribution >= 0.6 is 0 Å². The van der Waals surface area contributed by atoms with Crippen LogP contribution in [-0.4, -0.2) is 29.3 Å². The molecule has 3 rings (SSSR count). The number of benzene rings is 2. The van der Waals surface area contributed by atoms with Crippen LogP contribution in [0.1, 0.15) is 38.4 Å². The predicted octanol–water partition coefficient (Wildman–Crippen LogP) is 5.08. The third kappa shape index (κ3) is 5.66. The maximum absolute atomic E-state index is 14.4. The smallest absolute Gasteiger partial charge is 0.226 e. The van der Waals surface area contributed by atoms with Gasteiger partial charge in [0.15, 0.2) is 11.6 Å². The van der Waals surface area contributed by atoms with Crippen molar-refractivity contribution in [3.05, 3.63) is 65.6 Å². The Labute approximate surface area is 188 Å². The molecule has 1 aromatic heterocycles. The van der Waals surface area contributed by atoms with Crippen LogP contribution in [0, 0.1) is 11.7 Å². The predicted molar refractivity (Wildman–Crippen MR) is 122 cm³/mol. The molecular formula is C25H30FN3O3. The molecule has 0 radical (unpaired) electrons. The lowest BCUT2D eigenvalue weighted by atomic mass is 10.1. The summed E-state index contributed by atoms with van der Waals surface area (Å²) in [4.78, 5) is 12.3. The summed E-state index contributed by atoms with van der Waals surface area (Å²) in [6.45, 7) is 6.72. The zero-order chi connectivity index (χ0) is 23.1. The number of carbonyl (C=O) groups excluding carboxylic acids is 1. The highest BCUT2D eigenvalue weighted by atomic mass is 19.1. The first-order valence-corrected chi connectivity index (χ1v) is 10.9. The third-order valence-corrected chi connectivity index (χ3v) is 5.02. The van der Waals surface area contributed by atoms with Crippen LogP contribution in [0.4, 0.5) is 4.39 Å². The number of ether oxygens (including phenoxy) is 2. The lowest BCUT2D eigenvalue weighted by Gasteiger charge is -2.13. The molecule has 0 atom stereocenters. The Kier molecular flexibility index (Phi) is 7.87. The van der Waals surface area contributed by atoms with Gasteiger partial charge in [-0.25, -0.2) is 9.07 Å². The number of para-hydroxylation sites is 1. The molecule has 7 heteroatoms. The van der Waals surface area contributed by atoms with Gasteiger partial charge < -0.3 is 14.8 Å². The highest BCUT2D eigenvalue weighted by Gasteiger charge is 2.22. The van der Waals surface area contributed by atoms with Gasteiger partial charge >= 0.3 is 0 Å². The number of carbonyl (C=O) groups is 1. The molecule has 0 aliphatic heterocycles. The highest BCUT2D eigenvalue weighted by molar-refractivity contribution is 5.76. The van der Waals surface area contributed by atoms with Crippen molar-refractivity contribution in [3.8, 4) is 23.1 Å². The SMILES string of the molecule is CCc1nn(-c2ccc(OC)cc2)c(Oc2ccccc2F)c1CCC(=O)NCC(C)C. The van der Waals surface area contributed by atoms with E-state index in [1.165, 1.54) is 6.07 Å². The van der Waals surface area contributed by atoms with Crippen LogP contribution in [0.15, 0.2) is 48.5 Å². The Hall–Kier alpha value is -3.35. The highest BCUT2D eigenvalue weighted by Crippen LogP contribution is 2.33. The average Bonchev–Trinajstić information content (AvgIpc) is 3.15. The maximum Gasteiger partial charge on any atom is 0.226 e. The van der Waals surface area contributed by atoms with Gasteiger partial charge in [0, 0.05) is 18.5 Å². The van der Waals surface area contributed by atoms with Crippen LogP contribution in [0.25, 0.3) is 5.69 Å². The number of aromatic nitrogens is 2. The molecule has 1 amide bonds. The Balaban J connectivity index is 1.98. The van der Waals surface area contributed by atoms with Crippen LogP contribution < -0.4 is 14.8 Å². The van der Waals surface area contributed by atoms with Crippen molar-refractivity contribution in [3.63, 3.8) is 0 Å². The number of halogens is 1. The van der Waals surface area contributed by atoms with E-state index in [-0.39, 0.29) is 11.7 Å². The molecule has 3 aromatic rings. The second kappa shape index (κ2) is 10.8. The van der Waals surface area contributed by atoms with Crippen LogP contribution in [0.2, 0.25) is 0 Å². The number of amides is 1. The topological polar surface area (TPSA) is 65.4 Å². The first-order chi connectivity index (χ1) is 15.4. The lowest BCUT2D eigenvalue weighted by Crippen LogP contribution is -2.27. The minimum absolute atomic E-state index is 0.0326. The zero-order valence-electron chi connectivity index (χ0n) is 19.0. The Morgan fingerprint density at radius 2 is 1.88 bits per heavy atom. The normalized spacial score (nSPS) is 10.9. The number of nitrogens with one attached hydrogen (secondary N) is 1. The number of hydrogen-bond donors (Lipinski definition) is 1. The average molecular weight is 440 g/mol. The van der Waals surface area contributed by atoms with Crippen molar-refractivity contribution < 1.29 is 18.7 Å². The van der Waals surface area contributed by atoms with E-state index in [0.29, 0.717) is 37.6 Å². The molecule has 0 saturated carbocycles. The number of hydrogen-bond acceptors (Lipinski definition) is 4. The van der Waals surface area contributed by atoms with E-state index in [4.69, 9.17) is 14.6 Å². The molecule has 0 aliphatic carbocycles. The number of methoxy groups -OCH3 is 1. The molecule has 6 nitrogen and oxygen atoms in total. The van der Waals surface area contributed by atoms with Crippen molar-refractivity contribution in [1.29, 1.82) is 0 Å². The summed E-state index contributed by atoms with van der Waals surface area (Å²) >= 11 is 0. The zero-order valence-corrected chi connectivity index (χ0v) is 19.0. The molecule has 32 heavy (non-hydrogen) atoms. The molecule has 0 saturated heterocycles. The Morgan fingerprint density at radius 1 is 1.16 bits per heavy atom. The van der Waals surface area contributed by atoms with Gasteiger partial charge in [0.2, 0.25) is 11.8 Å². The number of nitrogens with zero attached hydrogens (tertiary/aromatic N) is 2. The Bertz CT molecular complexity index is 1050. The van der Waals surface area contributed by atoms with Gasteiger partial charge in [0.25, 0.3) is 0 Å². The second-order valence-corrected chi connectivity index (χ2v) is 7.92. The molecule has 0 bridgehead atoms. The fourth-order valence-electron chi connectivity index (χ4n) is 3.29. The largest absolute Gasteiger partial charge is 0.497 e. The summed E-state index contributed by atoms with van der Waals surface area (Å²) < 4.78 is 27.3. The standard InChI is InChI=1S/C25H30FN3O3/c1-5-22-20(14-15-24(30)27-16-17(2)3)25(32-23-9-7-6-8-21(23)26)29(28-22)18-10-12-19(31-4)13-11-18/h6-13,17H,5,14-16H2,1-4H3,(H,27,30). The van der Waals surface area contributed by atoms with Crippen molar-refractivity contribution in [1.82, 2.24) is 15.1 Å². The second-order valence-electron chi connectivity index (χ2n) is 7.92. The van der Waals surface area contributed by atoms with Crippen molar-refractivity contribution >= 4 is 5.91 Å². The van der Waals surface area contributed by atoms with Gasteiger partial charge in [0.1, 0.15) is 5.75 Å². The van der Waals surface area contributed by atoms with Gasteiger partial charge in [0.05, 0.1) is 18.5 Å². The van der Waals surface area contributed by atoms with Crippen molar-refractivity contribution in [2.45, 2.75) is 40.0 Å². The first kappa shape index (κ1) is 23.3. The van der Waals surface area contributed by atoms with Crippen LogP contribution in [0.5, 0.6) is 17.4 Å². The molecule has 170 valence electrons. The van der Waals surface area contributed by atoms with E-state index in [1.807, 2.05) is 31.2 Å². The summed E-state index contributed by atoms with van der Waals surface area (Å²) in [6, 6.07) is 13.6. The summed E-state index contributed by atoms with van der Waals surface area (Å²) in [5, 5.41) is 7.67. The van der Waals surface area contributed by atoms with E-state index in [1.54, 1.807) is 30.0 Å². The molecule has 1 N–H and O–H groups in total. The molecule has 0 fully saturated rings. The summed E-state index contributed by atoms with van der Waals surface area (Å²) in [6.07, 6.45) is 1.38. The minimum atomic E-state index is -0.464. The molecule has 0 spiro atoms. The molecule has 2 aromatic carbocycles. The fourth-order valence-corrected chi connectivity index (χ4v) is 3.29. The van der Waals surface area contributed by atoms with Crippen molar-refractivity contribution in [2.24, 2.45) is 5.92 Å².